The summed E-state index contributed by atoms with van der Waals surface area (Å²) >= 11 is 0. The van der Waals surface area contributed by atoms with Crippen LogP contribution in [0.3, 0.4) is 0 Å². The molecule has 114 valence electrons. The van der Waals surface area contributed by atoms with Crippen molar-refractivity contribution in [3.63, 3.8) is 0 Å². The Morgan fingerprint density at radius 3 is 2.67 bits per heavy atom. The van der Waals surface area contributed by atoms with Crippen LogP contribution in [0.1, 0.15) is 31.2 Å². The number of primary amides is 1. The van der Waals surface area contributed by atoms with Gasteiger partial charge in [0.2, 0.25) is 11.7 Å². The fourth-order valence-electron chi connectivity index (χ4n) is 2.83. The van der Waals surface area contributed by atoms with Gasteiger partial charge in [-0.25, -0.2) is 0 Å². The second-order valence-corrected chi connectivity index (χ2v) is 5.32. The van der Waals surface area contributed by atoms with E-state index in [4.69, 9.17) is 5.73 Å². The number of nitro groups is 1. The molecule has 0 radical (unpaired) electrons. The average Bonchev–Trinajstić information content (AvgIpc) is 2.93. The Hall–Kier alpha value is -2.02. The number of benzene rings is 1. The first kappa shape index (κ1) is 15.4. The molecule has 0 unspecified atom stereocenters. The Balaban J connectivity index is 2.21. The molecule has 2 rings (SSSR count). The van der Waals surface area contributed by atoms with Crippen LogP contribution in [0, 0.1) is 15.9 Å². The van der Waals surface area contributed by atoms with Crippen molar-refractivity contribution in [1.82, 2.24) is 4.90 Å². The van der Waals surface area contributed by atoms with E-state index >= 15 is 0 Å². The summed E-state index contributed by atoms with van der Waals surface area (Å²) in [5.41, 5.74) is 4.92. The third kappa shape index (κ3) is 3.75. The van der Waals surface area contributed by atoms with E-state index in [9.17, 15) is 19.3 Å². The highest BCUT2D eigenvalue weighted by Gasteiger charge is 2.26. The van der Waals surface area contributed by atoms with Gasteiger partial charge >= 0.3 is 5.69 Å². The molecule has 21 heavy (non-hydrogen) atoms. The van der Waals surface area contributed by atoms with Gasteiger partial charge in [-0.1, -0.05) is 25.0 Å². The van der Waals surface area contributed by atoms with Crippen LogP contribution in [-0.4, -0.2) is 28.3 Å². The summed E-state index contributed by atoms with van der Waals surface area (Å²) in [5.74, 6) is -1.32. The largest absolute Gasteiger partial charge is 0.369 e. The molecule has 1 aromatic carbocycles. The summed E-state index contributed by atoms with van der Waals surface area (Å²) < 4.78 is 14.1. The van der Waals surface area contributed by atoms with E-state index in [1.807, 2.05) is 4.90 Å². The lowest BCUT2D eigenvalue weighted by Crippen LogP contribution is -2.39. The monoisotopic (exact) mass is 295 g/mol. The summed E-state index contributed by atoms with van der Waals surface area (Å²) in [6, 6.07) is 4.27. The average molecular weight is 295 g/mol. The summed E-state index contributed by atoms with van der Waals surface area (Å²) in [5, 5.41) is 10.8. The number of nitrogens with zero attached hydrogens (tertiary/aromatic N) is 2. The van der Waals surface area contributed by atoms with Gasteiger partial charge in [-0.15, -0.1) is 0 Å². The van der Waals surface area contributed by atoms with Crippen molar-refractivity contribution < 1.29 is 14.1 Å². The quantitative estimate of drug-likeness (QED) is 0.641. The Kier molecular flexibility index (Phi) is 4.85. The van der Waals surface area contributed by atoms with Crippen molar-refractivity contribution in [2.24, 2.45) is 5.73 Å². The van der Waals surface area contributed by atoms with Crippen molar-refractivity contribution in [3.05, 3.63) is 39.7 Å². The molecule has 0 spiro atoms. The van der Waals surface area contributed by atoms with Gasteiger partial charge in [-0.2, -0.15) is 4.39 Å². The molecular formula is C14H18FN3O3. The lowest BCUT2D eigenvalue weighted by atomic mass is 10.1. The standard InChI is InChI=1S/C14H18FN3O3/c15-14-10(4-3-7-12(14)18(20)21)8-17(9-13(16)19)11-5-1-2-6-11/h3-4,7,11H,1-2,5-6,8-9H2,(H2,16,19). The molecule has 1 aromatic rings. The highest BCUT2D eigenvalue weighted by molar-refractivity contribution is 5.76. The van der Waals surface area contributed by atoms with Crippen LogP contribution >= 0.6 is 0 Å². The number of hydrogen-bond acceptors (Lipinski definition) is 4. The number of hydrogen-bond donors (Lipinski definition) is 1. The topological polar surface area (TPSA) is 89.5 Å². The molecule has 1 aliphatic carbocycles. The highest BCUT2D eigenvalue weighted by Crippen LogP contribution is 2.27. The number of rotatable bonds is 6. The van der Waals surface area contributed by atoms with Gasteiger partial charge < -0.3 is 5.73 Å². The number of amides is 1. The Bertz CT molecular complexity index is 544. The summed E-state index contributed by atoms with van der Waals surface area (Å²) in [6.07, 6.45) is 4.00. The number of nitrogens with two attached hydrogens (primary N) is 1. The molecule has 0 atom stereocenters. The first-order valence-electron chi connectivity index (χ1n) is 6.93. The van der Waals surface area contributed by atoms with E-state index in [2.05, 4.69) is 0 Å². The zero-order chi connectivity index (χ0) is 15.4. The van der Waals surface area contributed by atoms with E-state index in [-0.39, 0.29) is 24.7 Å². The van der Waals surface area contributed by atoms with Crippen LogP contribution in [-0.2, 0) is 11.3 Å². The van der Waals surface area contributed by atoms with Gasteiger partial charge in [-0.3, -0.25) is 19.8 Å². The van der Waals surface area contributed by atoms with E-state index in [1.165, 1.54) is 12.1 Å². The van der Waals surface area contributed by atoms with Gasteiger partial charge in [0.1, 0.15) is 0 Å². The first-order chi connectivity index (χ1) is 9.99. The Morgan fingerprint density at radius 1 is 1.43 bits per heavy atom. The van der Waals surface area contributed by atoms with E-state index < -0.39 is 22.3 Å². The summed E-state index contributed by atoms with van der Waals surface area (Å²) in [4.78, 5) is 23.0. The van der Waals surface area contributed by atoms with Crippen LogP contribution in [0.5, 0.6) is 0 Å². The minimum Gasteiger partial charge on any atom is -0.369 e. The molecule has 0 aromatic heterocycles. The van der Waals surface area contributed by atoms with Gasteiger partial charge in [0.05, 0.1) is 11.5 Å². The second kappa shape index (κ2) is 6.62. The third-order valence-electron chi connectivity index (χ3n) is 3.83. The van der Waals surface area contributed by atoms with E-state index in [0.717, 1.165) is 31.7 Å². The second-order valence-electron chi connectivity index (χ2n) is 5.32. The lowest BCUT2D eigenvalue weighted by Gasteiger charge is -2.27. The highest BCUT2D eigenvalue weighted by atomic mass is 19.1. The van der Waals surface area contributed by atoms with Crippen molar-refractivity contribution in [3.8, 4) is 0 Å². The maximum absolute atomic E-state index is 14.1. The number of nitro benzene ring substituents is 1. The zero-order valence-corrected chi connectivity index (χ0v) is 11.6. The zero-order valence-electron chi connectivity index (χ0n) is 11.6. The number of halogens is 1. The van der Waals surface area contributed by atoms with Crippen molar-refractivity contribution in [1.29, 1.82) is 0 Å². The van der Waals surface area contributed by atoms with Crippen molar-refractivity contribution in [2.45, 2.75) is 38.3 Å². The molecule has 1 saturated carbocycles. The third-order valence-corrected chi connectivity index (χ3v) is 3.83. The lowest BCUT2D eigenvalue weighted by molar-refractivity contribution is -0.387. The SMILES string of the molecule is NC(=O)CN(Cc1cccc([N+](=O)[O-])c1F)C1CCCC1. The normalized spacial score (nSPS) is 15.5. The smallest absolute Gasteiger partial charge is 0.305 e. The summed E-state index contributed by atoms with van der Waals surface area (Å²) in [6.45, 7) is 0.188. The van der Waals surface area contributed by atoms with Gasteiger partial charge in [0, 0.05) is 24.2 Å². The Morgan fingerprint density at radius 2 is 2.10 bits per heavy atom. The minimum atomic E-state index is -0.838. The molecule has 2 N–H and O–H groups in total. The van der Waals surface area contributed by atoms with E-state index in [1.54, 1.807) is 0 Å². The fraction of sp³-hybridized carbons (Fsp3) is 0.500. The molecule has 7 heteroatoms. The first-order valence-corrected chi connectivity index (χ1v) is 6.93. The fourth-order valence-corrected chi connectivity index (χ4v) is 2.83. The molecule has 0 saturated heterocycles. The predicted octanol–water partition coefficient (Wildman–Crippen LogP) is 1.96. The minimum absolute atomic E-state index is 0.0345. The van der Waals surface area contributed by atoms with Gasteiger partial charge in [-0.05, 0) is 12.8 Å². The molecule has 6 nitrogen and oxygen atoms in total. The Labute approximate surface area is 121 Å². The van der Waals surface area contributed by atoms with Crippen LogP contribution in [0.25, 0.3) is 0 Å². The molecule has 0 aliphatic heterocycles. The van der Waals surface area contributed by atoms with Crippen molar-refractivity contribution in [2.75, 3.05) is 6.54 Å². The molecule has 1 amide bonds. The van der Waals surface area contributed by atoms with Crippen LogP contribution < -0.4 is 5.73 Å². The molecule has 0 bridgehead atoms. The van der Waals surface area contributed by atoms with Gasteiger partial charge in [0.25, 0.3) is 0 Å². The van der Waals surface area contributed by atoms with Gasteiger partial charge in [0.15, 0.2) is 0 Å². The number of carbonyl (C=O) groups excluding carboxylic acids is 1. The van der Waals surface area contributed by atoms with Crippen LogP contribution in [0.2, 0.25) is 0 Å². The molecule has 0 heterocycles. The molecule has 1 fully saturated rings. The summed E-state index contributed by atoms with van der Waals surface area (Å²) in [7, 11) is 0. The van der Waals surface area contributed by atoms with Crippen molar-refractivity contribution >= 4 is 11.6 Å². The predicted molar refractivity (Wildman–Crippen MR) is 74.9 cm³/mol. The van der Waals surface area contributed by atoms with Crippen LogP contribution in [0.15, 0.2) is 18.2 Å². The maximum atomic E-state index is 14.1. The maximum Gasteiger partial charge on any atom is 0.305 e. The van der Waals surface area contributed by atoms with Crippen LogP contribution in [0.4, 0.5) is 10.1 Å². The molecular weight excluding hydrogens is 277 g/mol. The number of carbonyl (C=O) groups is 1. The molecule has 1 aliphatic rings. The van der Waals surface area contributed by atoms with E-state index in [0.29, 0.717) is 0 Å².